The summed E-state index contributed by atoms with van der Waals surface area (Å²) in [5.41, 5.74) is -11.5. The second kappa shape index (κ2) is 12.2. The van der Waals surface area contributed by atoms with Gasteiger partial charge in [0.15, 0.2) is 5.01 Å². The topological polar surface area (TPSA) is 143 Å². The summed E-state index contributed by atoms with van der Waals surface area (Å²) in [6.07, 6.45) is -15.3. The Hall–Kier alpha value is -2.58. The van der Waals surface area contributed by atoms with Crippen molar-refractivity contribution < 1.29 is 64.0 Å². The Labute approximate surface area is 256 Å². The van der Waals surface area contributed by atoms with Crippen LogP contribution >= 0.6 is 21.9 Å². The number of benzene rings is 1. The minimum atomic E-state index is -6.34. The first-order valence-corrected chi connectivity index (χ1v) is 16.1. The van der Waals surface area contributed by atoms with Crippen molar-refractivity contribution in [2.45, 2.75) is 68.6 Å². The number of carbonyl (C=O) groups excluding carboxylic acids is 2. The fourth-order valence-corrected chi connectivity index (χ4v) is 7.85. The van der Waals surface area contributed by atoms with E-state index < -0.39 is 84.7 Å². The van der Waals surface area contributed by atoms with Crippen LogP contribution in [0.15, 0.2) is 18.2 Å². The van der Waals surface area contributed by atoms with Crippen LogP contribution < -0.4 is 5.32 Å². The lowest BCUT2D eigenvalue weighted by molar-refractivity contribution is -0.376. The standard InChI is InChI=1S/C26H29F8N3O6S2/c1-13-3-2-8-37(13)22(39)17-18(44-21(36-17)20(38)35-12-23(40)6-9-45(42,43)10-7-23)15-5-4-14(11-16(15)19(27)28)24(41,25(29,30)31)26(32,33)34/h4-5,11,13,19,40-43H,2-3,6-10,12H2,1H3,(H,35,38). The Bertz CT molecular complexity index is 1420. The summed E-state index contributed by atoms with van der Waals surface area (Å²) in [5, 5.41) is 22.4. The Balaban J connectivity index is 1.77. The number of nitrogens with one attached hydrogen (secondary N) is 1. The van der Waals surface area contributed by atoms with E-state index in [1.807, 2.05) is 0 Å². The molecule has 2 aliphatic heterocycles. The molecular weight excluding hydrogens is 666 g/mol. The van der Waals surface area contributed by atoms with E-state index in [1.165, 1.54) is 4.90 Å². The number of thiazole rings is 1. The third-order valence-electron chi connectivity index (χ3n) is 7.97. The molecule has 5 N–H and O–H groups in total. The van der Waals surface area contributed by atoms with Gasteiger partial charge in [0.25, 0.3) is 23.8 Å². The first-order chi connectivity index (χ1) is 20.6. The maximum Gasteiger partial charge on any atom is 0.430 e. The fraction of sp³-hybridized carbons (Fsp3) is 0.577. The van der Waals surface area contributed by atoms with Crippen LogP contribution in [0.2, 0.25) is 0 Å². The monoisotopic (exact) mass is 695 g/mol. The van der Waals surface area contributed by atoms with E-state index in [1.54, 1.807) is 6.92 Å². The lowest BCUT2D eigenvalue weighted by atomic mass is 9.89. The van der Waals surface area contributed by atoms with Gasteiger partial charge in [0.2, 0.25) is 0 Å². The van der Waals surface area contributed by atoms with Crippen molar-refractivity contribution in [3.63, 3.8) is 0 Å². The smallest absolute Gasteiger partial charge is 0.388 e. The Morgan fingerprint density at radius 1 is 1.13 bits per heavy atom. The number of aliphatic hydroxyl groups is 2. The SMILES string of the molecule is CC1CCCN1C(=O)c1nc(C(=O)NCC2(O)CCS(O)(O)CC2)sc1-c1ccc(C(O)(C(F)(F)F)C(F)(F)F)cc1C(F)F. The normalized spacial score (nSPS) is 21.2. The zero-order valence-corrected chi connectivity index (χ0v) is 25.0. The number of alkyl halides is 8. The van der Waals surface area contributed by atoms with Crippen LogP contribution in [0.25, 0.3) is 10.4 Å². The third-order valence-corrected chi connectivity index (χ3v) is 10.8. The lowest BCUT2D eigenvalue weighted by Gasteiger charge is -2.43. The van der Waals surface area contributed by atoms with E-state index in [2.05, 4.69) is 10.3 Å². The second-order valence-electron chi connectivity index (χ2n) is 11.1. The van der Waals surface area contributed by atoms with Gasteiger partial charge in [-0.1, -0.05) is 12.1 Å². The molecule has 2 aliphatic rings. The maximum absolute atomic E-state index is 14.3. The summed E-state index contributed by atoms with van der Waals surface area (Å²) in [7, 11) is -2.87. The molecule has 0 aliphatic carbocycles. The van der Waals surface area contributed by atoms with Crippen molar-refractivity contribution in [3.8, 4) is 10.4 Å². The predicted molar refractivity (Wildman–Crippen MR) is 147 cm³/mol. The van der Waals surface area contributed by atoms with Crippen LogP contribution in [-0.2, 0) is 5.60 Å². The third kappa shape index (κ3) is 6.92. The number of likely N-dealkylation sites (tertiary alicyclic amines) is 1. The summed E-state index contributed by atoms with van der Waals surface area (Å²) in [6, 6.07) is 0.164. The highest BCUT2D eigenvalue weighted by atomic mass is 32.3. The van der Waals surface area contributed by atoms with E-state index in [-0.39, 0.29) is 55.6 Å². The summed E-state index contributed by atoms with van der Waals surface area (Å²) in [4.78, 5) is 31.5. The van der Waals surface area contributed by atoms with E-state index in [4.69, 9.17) is 0 Å². The molecular formula is C26H29F8N3O6S2. The van der Waals surface area contributed by atoms with Gasteiger partial charge in [-0.05, 0) is 38.7 Å². The number of hydrogen-bond acceptors (Lipinski definition) is 8. The average Bonchev–Trinajstić information content (AvgIpc) is 3.58. The molecule has 2 aromatic rings. The Kier molecular flexibility index (Phi) is 9.58. The van der Waals surface area contributed by atoms with Crippen LogP contribution in [0.5, 0.6) is 0 Å². The summed E-state index contributed by atoms with van der Waals surface area (Å²) in [6.45, 7) is 1.54. The average molecular weight is 696 g/mol. The molecule has 2 amide bonds. The highest BCUT2D eigenvalue weighted by molar-refractivity contribution is 8.24. The van der Waals surface area contributed by atoms with Gasteiger partial charge in [-0.25, -0.2) is 13.8 Å². The number of aromatic nitrogens is 1. The highest BCUT2D eigenvalue weighted by Crippen LogP contribution is 2.51. The molecule has 0 saturated carbocycles. The zero-order valence-electron chi connectivity index (χ0n) is 23.4. The summed E-state index contributed by atoms with van der Waals surface area (Å²) < 4.78 is 129. The number of halogens is 8. The molecule has 0 bridgehead atoms. The van der Waals surface area contributed by atoms with Crippen molar-refractivity contribution in [2.75, 3.05) is 24.6 Å². The number of hydrogen-bond donors (Lipinski definition) is 5. The van der Waals surface area contributed by atoms with Gasteiger partial charge in [0.05, 0.1) is 10.5 Å². The highest BCUT2D eigenvalue weighted by Gasteiger charge is 2.71. The van der Waals surface area contributed by atoms with Gasteiger partial charge in [-0.2, -0.15) is 36.9 Å². The molecule has 2 saturated heterocycles. The van der Waals surface area contributed by atoms with Gasteiger partial charge in [0.1, 0.15) is 5.69 Å². The molecule has 0 radical (unpaired) electrons. The minimum Gasteiger partial charge on any atom is -0.388 e. The number of amides is 2. The molecule has 2 fully saturated rings. The molecule has 1 aromatic carbocycles. The van der Waals surface area contributed by atoms with Crippen LogP contribution in [0.1, 0.15) is 70.4 Å². The molecule has 9 nitrogen and oxygen atoms in total. The maximum atomic E-state index is 14.3. The lowest BCUT2D eigenvalue weighted by Crippen LogP contribution is -2.54. The molecule has 1 unspecified atom stereocenters. The molecule has 3 heterocycles. The molecule has 1 atom stereocenters. The molecule has 252 valence electrons. The quantitative estimate of drug-likeness (QED) is 0.234. The molecule has 19 heteroatoms. The van der Waals surface area contributed by atoms with E-state index in [0.29, 0.717) is 30.2 Å². The Morgan fingerprint density at radius 2 is 1.73 bits per heavy atom. The molecule has 0 spiro atoms. The van der Waals surface area contributed by atoms with Crippen molar-refractivity contribution in [1.82, 2.24) is 15.2 Å². The van der Waals surface area contributed by atoms with Crippen molar-refractivity contribution in [2.24, 2.45) is 0 Å². The van der Waals surface area contributed by atoms with Gasteiger partial charge in [0, 0.05) is 47.3 Å². The summed E-state index contributed by atoms with van der Waals surface area (Å²) in [5.74, 6) is -2.01. The molecule has 4 rings (SSSR count). The largest absolute Gasteiger partial charge is 0.430 e. The van der Waals surface area contributed by atoms with Crippen LogP contribution in [-0.4, -0.2) is 89.6 Å². The number of carbonyl (C=O) groups is 2. The van der Waals surface area contributed by atoms with Crippen LogP contribution in [0.4, 0.5) is 35.1 Å². The van der Waals surface area contributed by atoms with Crippen molar-refractivity contribution >= 4 is 33.7 Å². The second-order valence-corrected chi connectivity index (χ2v) is 14.5. The Morgan fingerprint density at radius 3 is 2.24 bits per heavy atom. The first-order valence-electron chi connectivity index (χ1n) is 13.4. The van der Waals surface area contributed by atoms with Crippen LogP contribution in [0.3, 0.4) is 0 Å². The van der Waals surface area contributed by atoms with E-state index in [0.717, 1.165) is 0 Å². The van der Waals surface area contributed by atoms with Crippen molar-refractivity contribution in [3.05, 3.63) is 40.0 Å². The van der Waals surface area contributed by atoms with Gasteiger partial charge < -0.3 is 20.4 Å². The van der Waals surface area contributed by atoms with Crippen LogP contribution in [0, 0.1) is 0 Å². The summed E-state index contributed by atoms with van der Waals surface area (Å²) >= 11 is 0.382. The molecule has 45 heavy (non-hydrogen) atoms. The zero-order chi connectivity index (χ0) is 33.8. The van der Waals surface area contributed by atoms with Gasteiger partial charge in [-0.15, -0.1) is 11.3 Å². The van der Waals surface area contributed by atoms with E-state index >= 15 is 0 Å². The number of rotatable bonds is 7. The predicted octanol–water partition coefficient (Wildman–Crippen LogP) is 5.69. The fourth-order valence-electron chi connectivity index (χ4n) is 5.21. The molecule has 1 aromatic heterocycles. The van der Waals surface area contributed by atoms with Gasteiger partial charge in [-0.3, -0.25) is 18.7 Å². The van der Waals surface area contributed by atoms with E-state index in [9.17, 15) is 64.0 Å². The van der Waals surface area contributed by atoms with Crippen molar-refractivity contribution in [1.29, 1.82) is 0 Å². The number of nitrogens with zero attached hydrogens (tertiary/aromatic N) is 2. The first kappa shape index (κ1) is 35.3. The minimum absolute atomic E-state index is 0.0678. The van der Waals surface area contributed by atoms with Gasteiger partial charge >= 0.3 is 12.4 Å².